The first-order valence-corrected chi connectivity index (χ1v) is 18.8. The van der Waals surface area contributed by atoms with E-state index in [2.05, 4.69) is 16.1 Å². The van der Waals surface area contributed by atoms with Gasteiger partial charge in [0.1, 0.15) is 12.1 Å². The summed E-state index contributed by atoms with van der Waals surface area (Å²) in [4.78, 5) is 67.4. The van der Waals surface area contributed by atoms with Gasteiger partial charge in [-0.2, -0.15) is 0 Å². The molecule has 296 valence electrons. The molecule has 0 spiro atoms. The van der Waals surface area contributed by atoms with E-state index in [-0.39, 0.29) is 55.8 Å². The molecule has 0 aliphatic rings. The van der Waals surface area contributed by atoms with Gasteiger partial charge in [-0.3, -0.25) is 19.8 Å². The number of carbonyl (C=O) groups excluding carboxylic acids is 5. The van der Waals surface area contributed by atoms with E-state index in [1.165, 1.54) is 0 Å². The number of hydrogen-bond donors (Lipinski definition) is 4. The Hall–Kier alpha value is -3.71. The van der Waals surface area contributed by atoms with Crippen molar-refractivity contribution in [3.05, 3.63) is 35.9 Å². The molecule has 5 N–H and O–H groups in total. The highest BCUT2D eigenvalue weighted by atomic mass is 16.6. The average molecular weight is 734 g/mol. The number of benzene rings is 1. The minimum atomic E-state index is -1.15. The summed E-state index contributed by atoms with van der Waals surface area (Å²) >= 11 is 0. The van der Waals surface area contributed by atoms with Crippen LogP contribution in [0.15, 0.2) is 30.3 Å². The SMILES string of the molecule is CCCCC(=O)O[C@H](CN(CC(C)C)NC(=O)[C@@H](NC(=O)OCC(C)C)C(C)C)[C@@H](C(=O)[C@@H](NC(=O)OCC(C)C)C(C)C)C(N)c1ccccc1. The van der Waals surface area contributed by atoms with Crippen molar-refractivity contribution in [3.8, 4) is 0 Å². The topological polar surface area (TPSA) is 178 Å². The van der Waals surface area contributed by atoms with Crippen LogP contribution < -0.4 is 21.8 Å². The molecule has 0 aliphatic carbocycles. The molecular formula is C39H67N5O8. The van der Waals surface area contributed by atoms with Crippen molar-refractivity contribution in [1.82, 2.24) is 21.1 Å². The number of hydrogen-bond acceptors (Lipinski definition) is 10. The minimum absolute atomic E-state index is 0.0240. The Labute approximate surface area is 311 Å². The van der Waals surface area contributed by atoms with E-state index in [0.29, 0.717) is 18.5 Å². The monoisotopic (exact) mass is 733 g/mol. The summed E-state index contributed by atoms with van der Waals surface area (Å²) in [6, 6.07) is 6.08. The first-order valence-electron chi connectivity index (χ1n) is 18.8. The fourth-order valence-corrected chi connectivity index (χ4v) is 5.43. The lowest BCUT2D eigenvalue weighted by atomic mass is 9.80. The predicted octanol–water partition coefficient (Wildman–Crippen LogP) is 5.78. The summed E-state index contributed by atoms with van der Waals surface area (Å²) in [6.45, 7) is 21.3. The van der Waals surface area contributed by atoms with E-state index in [9.17, 15) is 24.0 Å². The van der Waals surface area contributed by atoms with Crippen LogP contribution >= 0.6 is 0 Å². The highest BCUT2D eigenvalue weighted by Gasteiger charge is 2.43. The van der Waals surface area contributed by atoms with Crippen LogP contribution in [0.5, 0.6) is 0 Å². The van der Waals surface area contributed by atoms with Crippen LogP contribution in [0.25, 0.3) is 0 Å². The minimum Gasteiger partial charge on any atom is -0.460 e. The molecule has 0 saturated carbocycles. The van der Waals surface area contributed by atoms with Crippen LogP contribution in [0.3, 0.4) is 0 Å². The molecule has 0 aromatic heterocycles. The molecule has 1 aromatic rings. The van der Waals surface area contributed by atoms with Crippen molar-refractivity contribution in [3.63, 3.8) is 0 Å². The highest BCUT2D eigenvalue weighted by Crippen LogP contribution is 2.29. The molecule has 0 fully saturated rings. The predicted molar refractivity (Wildman–Crippen MR) is 202 cm³/mol. The van der Waals surface area contributed by atoms with Crippen molar-refractivity contribution in [2.75, 3.05) is 26.3 Å². The maximum atomic E-state index is 14.8. The van der Waals surface area contributed by atoms with Gasteiger partial charge < -0.3 is 30.6 Å². The second kappa shape index (κ2) is 23.8. The number of unbranched alkanes of at least 4 members (excludes halogenated alkanes) is 1. The van der Waals surface area contributed by atoms with E-state index in [0.717, 1.165) is 6.42 Å². The van der Waals surface area contributed by atoms with Crippen molar-refractivity contribution >= 4 is 29.8 Å². The molecule has 1 unspecified atom stereocenters. The van der Waals surface area contributed by atoms with Gasteiger partial charge in [-0.1, -0.05) is 113 Å². The molecule has 0 radical (unpaired) electrons. The summed E-state index contributed by atoms with van der Waals surface area (Å²) in [7, 11) is 0. The fourth-order valence-electron chi connectivity index (χ4n) is 5.43. The van der Waals surface area contributed by atoms with Crippen LogP contribution in [0, 0.1) is 35.5 Å². The normalized spacial score (nSPS) is 14.6. The first-order chi connectivity index (χ1) is 24.4. The molecular weight excluding hydrogens is 666 g/mol. The van der Waals surface area contributed by atoms with Gasteiger partial charge in [-0.25, -0.2) is 14.6 Å². The molecule has 5 atom stereocenters. The van der Waals surface area contributed by atoms with Gasteiger partial charge >= 0.3 is 18.2 Å². The number of ketones is 1. The van der Waals surface area contributed by atoms with Gasteiger partial charge in [0.05, 0.1) is 31.7 Å². The molecule has 13 heteroatoms. The van der Waals surface area contributed by atoms with Crippen molar-refractivity contribution in [1.29, 1.82) is 0 Å². The second-order valence-corrected chi connectivity index (χ2v) is 15.5. The molecule has 13 nitrogen and oxygen atoms in total. The third kappa shape index (κ3) is 17.2. The van der Waals surface area contributed by atoms with Gasteiger partial charge in [0.2, 0.25) is 0 Å². The number of alkyl carbamates (subject to hydrolysis) is 2. The van der Waals surface area contributed by atoms with Gasteiger partial charge in [0.15, 0.2) is 5.78 Å². The zero-order valence-corrected chi connectivity index (χ0v) is 33.4. The van der Waals surface area contributed by atoms with Crippen LogP contribution in [-0.4, -0.2) is 79.3 Å². The van der Waals surface area contributed by atoms with Crippen LogP contribution in [0.2, 0.25) is 0 Å². The molecule has 0 bridgehead atoms. The molecule has 0 saturated heterocycles. The number of carbonyl (C=O) groups is 5. The number of amides is 3. The maximum Gasteiger partial charge on any atom is 0.407 e. The van der Waals surface area contributed by atoms with Crippen LogP contribution in [0.4, 0.5) is 9.59 Å². The zero-order chi connectivity index (χ0) is 39.5. The number of rotatable bonds is 23. The standard InChI is InChI=1S/C39H67N5O8/c1-12-13-19-31(45)52-30(21-44(20-24(2)3)43-37(47)35(28(10)11)42-39(49)51-23-26(6)7)32(33(40)29-17-15-14-16-18-29)36(46)34(27(8)9)41-38(48)50-22-25(4)5/h14-18,24-28,30,32-35H,12-13,19-23,40H2,1-11H3,(H,41,48)(H,42,49)(H,43,47)/t30-,32-,33?,34+,35+/m1/s1. The Morgan fingerprint density at radius 2 is 1.25 bits per heavy atom. The van der Waals surface area contributed by atoms with E-state index in [4.69, 9.17) is 19.9 Å². The Bertz CT molecular complexity index is 1240. The van der Waals surface area contributed by atoms with E-state index in [1.807, 2.05) is 54.5 Å². The third-order valence-corrected chi connectivity index (χ3v) is 8.14. The summed E-state index contributed by atoms with van der Waals surface area (Å²) in [5.41, 5.74) is 10.5. The Kier molecular flexibility index (Phi) is 21.2. The number of nitrogens with two attached hydrogens (primary N) is 1. The van der Waals surface area contributed by atoms with Crippen LogP contribution in [-0.2, 0) is 28.6 Å². The first kappa shape index (κ1) is 46.3. The number of hydrazine groups is 1. The Morgan fingerprint density at radius 3 is 1.71 bits per heavy atom. The van der Waals surface area contributed by atoms with Crippen molar-refractivity contribution < 1.29 is 38.2 Å². The fraction of sp³-hybridized carbons (Fsp3) is 0.718. The maximum absolute atomic E-state index is 14.8. The largest absolute Gasteiger partial charge is 0.460 e. The molecule has 0 aliphatic heterocycles. The van der Waals surface area contributed by atoms with Crippen LogP contribution in [0.1, 0.15) is 107 Å². The quantitative estimate of drug-likeness (QED) is 0.0613. The van der Waals surface area contributed by atoms with Crippen molar-refractivity contribution in [2.45, 2.75) is 120 Å². The van der Waals surface area contributed by atoms with Gasteiger partial charge in [-0.05, 0) is 41.6 Å². The average Bonchev–Trinajstić information content (AvgIpc) is 3.06. The van der Waals surface area contributed by atoms with Gasteiger partial charge in [-0.15, -0.1) is 0 Å². The molecule has 0 heterocycles. The number of esters is 1. The zero-order valence-electron chi connectivity index (χ0n) is 33.4. The lowest BCUT2D eigenvalue weighted by molar-refractivity contribution is -0.157. The van der Waals surface area contributed by atoms with E-state index in [1.54, 1.807) is 57.0 Å². The summed E-state index contributed by atoms with van der Waals surface area (Å²) in [6.07, 6.45) is -1.15. The summed E-state index contributed by atoms with van der Waals surface area (Å²) < 4.78 is 16.8. The highest BCUT2D eigenvalue weighted by molar-refractivity contribution is 5.91. The Morgan fingerprint density at radius 1 is 0.731 bits per heavy atom. The van der Waals surface area contributed by atoms with Gasteiger partial charge in [0, 0.05) is 19.0 Å². The summed E-state index contributed by atoms with van der Waals surface area (Å²) in [5.74, 6) is -3.05. The lowest BCUT2D eigenvalue weighted by Gasteiger charge is -2.37. The molecule has 3 amide bonds. The number of nitrogens with one attached hydrogen (secondary N) is 3. The second-order valence-electron chi connectivity index (χ2n) is 15.5. The van der Waals surface area contributed by atoms with E-state index >= 15 is 0 Å². The molecule has 52 heavy (non-hydrogen) atoms. The molecule has 1 aromatic carbocycles. The summed E-state index contributed by atoms with van der Waals surface area (Å²) in [5, 5.41) is 7.02. The number of Topliss-reactive ketones (excluding diaryl/α,β-unsaturated/α-hetero) is 1. The third-order valence-electron chi connectivity index (χ3n) is 8.14. The smallest absolute Gasteiger partial charge is 0.407 e. The number of ether oxygens (including phenoxy) is 3. The lowest BCUT2D eigenvalue weighted by Crippen LogP contribution is -2.59. The Balaban J connectivity index is 3.70. The van der Waals surface area contributed by atoms with E-state index < -0.39 is 60.0 Å². The molecule has 1 rings (SSSR count). The van der Waals surface area contributed by atoms with Gasteiger partial charge in [0.25, 0.3) is 5.91 Å². The number of nitrogens with zero attached hydrogens (tertiary/aromatic N) is 1. The van der Waals surface area contributed by atoms with Crippen molar-refractivity contribution in [2.24, 2.45) is 41.2 Å².